The third-order valence-electron chi connectivity index (χ3n) is 1.93. The standard InChI is InChI=1S/C9H14ClN3O3S2/c1-12(2)11-8(14)6-13(3)18(15,16)9-5-4-7(10)17-9/h4-5H,6H2,1-3H3,(H,11,14). The average Bonchev–Trinajstić information content (AvgIpc) is 2.63. The Morgan fingerprint density at radius 2 is 2.00 bits per heavy atom. The van der Waals surface area contributed by atoms with Crippen molar-refractivity contribution in [2.45, 2.75) is 4.21 Å². The molecule has 1 aromatic rings. The lowest BCUT2D eigenvalue weighted by Crippen LogP contribution is -2.43. The van der Waals surface area contributed by atoms with Gasteiger partial charge in [-0.15, -0.1) is 11.3 Å². The number of sulfonamides is 1. The Morgan fingerprint density at radius 1 is 1.39 bits per heavy atom. The van der Waals surface area contributed by atoms with Crippen LogP contribution in [0.5, 0.6) is 0 Å². The smallest absolute Gasteiger partial charge is 0.252 e. The molecule has 0 fully saturated rings. The van der Waals surface area contributed by atoms with E-state index in [9.17, 15) is 13.2 Å². The molecule has 1 aromatic heterocycles. The van der Waals surface area contributed by atoms with Crippen LogP contribution in [0.15, 0.2) is 16.3 Å². The fourth-order valence-electron chi connectivity index (χ4n) is 1.16. The van der Waals surface area contributed by atoms with Crippen molar-refractivity contribution in [3.05, 3.63) is 16.5 Å². The summed E-state index contributed by atoms with van der Waals surface area (Å²) in [7, 11) is 0.973. The highest BCUT2D eigenvalue weighted by Gasteiger charge is 2.24. The Labute approximate surface area is 115 Å². The maximum absolute atomic E-state index is 12.1. The summed E-state index contributed by atoms with van der Waals surface area (Å²) < 4.78 is 25.6. The molecule has 0 aromatic carbocycles. The average molecular weight is 312 g/mol. The van der Waals surface area contributed by atoms with Gasteiger partial charge in [-0.25, -0.2) is 13.4 Å². The van der Waals surface area contributed by atoms with Crippen LogP contribution in [-0.2, 0) is 14.8 Å². The number of rotatable bonds is 5. The minimum absolute atomic E-state index is 0.118. The first-order valence-corrected chi connectivity index (χ1v) is 7.55. The van der Waals surface area contributed by atoms with Gasteiger partial charge in [-0.3, -0.25) is 10.2 Å². The summed E-state index contributed by atoms with van der Waals surface area (Å²) >= 11 is 6.65. The van der Waals surface area contributed by atoms with Crippen molar-refractivity contribution in [2.75, 3.05) is 27.7 Å². The number of carbonyl (C=O) groups is 1. The van der Waals surface area contributed by atoms with Gasteiger partial charge >= 0.3 is 0 Å². The van der Waals surface area contributed by atoms with E-state index in [1.807, 2.05) is 0 Å². The van der Waals surface area contributed by atoms with Crippen molar-refractivity contribution >= 4 is 38.9 Å². The number of hydrazine groups is 1. The second-order valence-corrected chi connectivity index (χ2v) is 7.74. The molecule has 0 aliphatic carbocycles. The highest BCUT2D eigenvalue weighted by Crippen LogP contribution is 2.27. The zero-order chi connectivity index (χ0) is 13.9. The number of thiophene rings is 1. The van der Waals surface area contributed by atoms with Gasteiger partial charge in [-0.2, -0.15) is 4.31 Å². The first-order chi connectivity index (χ1) is 8.23. The van der Waals surface area contributed by atoms with E-state index in [0.717, 1.165) is 15.6 Å². The molecule has 1 heterocycles. The van der Waals surface area contributed by atoms with E-state index in [2.05, 4.69) is 5.43 Å². The van der Waals surface area contributed by atoms with Gasteiger partial charge in [0.2, 0.25) is 5.91 Å². The molecular weight excluding hydrogens is 298 g/mol. The maximum atomic E-state index is 12.1. The predicted molar refractivity (Wildman–Crippen MR) is 71.0 cm³/mol. The van der Waals surface area contributed by atoms with Crippen molar-refractivity contribution < 1.29 is 13.2 Å². The molecule has 0 bridgehead atoms. The first kappa shape index (κ1) is 15.4. The van der Waals surface area contributed by atoms with Crippen molar-refractivity contribution in [1.82, 2.24) is 14.7 Å². The minimum Gasteiger partial charge on any atom is -0.288 e. The number of amides is 1. The van der Waals surface area contributed by atoms with Crippen LogP contribution in [0.3, 0.4) is 0 Å². The first-order valence-electron chi connectivity index (χ1n) is 4.92. The molecule has 1 rings (SSSR count). The summed E-state index contributed by atoms with van der Waals surface area (Å²) in [5.41, 5.74) is 2.47. The zero-order valence-corrected chi connectivity index (χ0v) is 12.6. The lowest BCUT2D eigenvalue weighted by molar-refractivity contribution is -0.124. The number of halogens is 1. The van der Waals surface area contributed by atoms with Gasteiger partial charge in [-0.1, -0.05) is 11.6 Å². The molecule has 0 atom stereocenters. The van der Waals surface area contributed by atoms with Gasteiger partial charge < -0.3 is 0 Å². The molecular formula is C9H14ClN3O3S2. The molecule has 6 nitrogen and oxygen atoms in total. The van der Waals surface area contributed by atoms with Gasteiger partial charge in [0, 0.05) is 21.1 Å². The quantitative estimate of drug-likeness (QED) is 0.809. The lowest BCUT2D eigenvalue weighted by atomic mass is 10.6. The summed E-state index contributed by atoms with van der Waals surface area (Å²) in [6, 6.07) is 2.93. The number of nitrogens with one attached hydrogen (secondary N) is 1. The van der Waals surface area contributed by atoms with Crippen LogP contribution in [0, 0.1) is 0 Å². The summed E-state index contributed by atoms with van der Waals surface area (Å²) in [4.78, 5) is 11.5. The third-order valence-corrected chi connectivity index (χ3v) is 5.43. The molecule has 0 saturated carbocycles. The lowest BCUT2D eigenvalue weighted by Gasteiger charge is -2.17. The highest BCUT2D eigenvalue weighted by atomic mass is 35.5. The fraction of sp³-hybridized carbons (Fsp3) is 0.444. The van der Waals surface area contributed by atoms with Gasteiger partial charge in [0.25, 0.3) is 10.0 Å². The molecule has 0 spiro atoms. The molecule has 1 N–H and O–H groups in total. The van der Waals surface area contributed by atoms with Crippen molar-refractivity contribution in [3.63, 3.8) is 0 Å². The molecule has 0 aliphatic rings. The normalized spacial score (nSPS) is 12.1. The molecule has 102 valence electrons. The minimum atomic E-state index is -3.66. The number of hydrogen-bond donors (Lipinski definition) is 1. The van der Waals surface area contributed by atoms with Crippen LogP contribution in [-0.4, -0.2) is 51.3 Å². The van der Waals surface area contributed by atoms with Crippen LogP contribution in [0.1, 0.15) is 0 Å². The number of nitrogens with zero attached hydrogens (tertiary/aromatic N) is 2. The van der Waals surface area contributed by atoms with E-state index in [4.69, 9.17) is 11.6 Å². The summed E-state index contributed by atoms with van der Waals surface area (Å²) in [6.45, 7) is -0.254. The highest BCUT2D eigenvalue weighted by molar-refractivity contribution is 7.91. The second kappa shape index (κ2) is 5.98. The van der Waals surface area contributed by atoms with E-state index in [-0.39, 0.29) is 10.8 Å². The van der Waals surface area contributed by atoms with Gasteiger partial charge in [0.15, 0.2) is 0 Å². The molecule has 0 radical (unpaired) electrons. The van der Waals surface area contributed by atoms with Crippen LogP contribution < -0.4 is 5.43 Å². The molecule has 0 unspecified atom stereocenters. The fourth-order valence-corrected chi connectivity index (χ4v) is 3.98. The van der Waals surface area contributed by atoms with E-state index in [1.165, 1.54) is 24.2 Å². The molecule has 18 heavy (non-hydrogen) atoms. The Morgan fingerprint density at radius 3 is 2.44 bits per heavy atom. The number of hydrogen-bond acceptors (Lipinski definition) is 5. The monoisotopic (exact) mass is 311 g/mol. The summed E-state index contributed by atoms with van der Waals surface area (Å²) in [5, 5.41) is 1.45. The van der Waals surface area contributed by atoms with Crippen molar-refractivity contribution in [1.29, 1.82) is 0 Å². The Balaban J connectivity index is 2.77. The summed E-state index contributed by atoms with van der Waals surface area (Å²) in [6.07, 6.45) is 0. The van der Waals surface area contributed by atoms with Crippen LogP contribution in [0.2, 0.25) is 4.34 Å². The SMILES string of the molecule is CN(C)NC(=O)CN(C)S(=O)(=O)c1ccc(Cl)s1. The molecule has 1 amide bonds. The molecule has 9 heteroatoms. The van der Waals surface area contributed by atoms with Crippen molar-refractivity contribution in [2.24, 2.45) is 0 Å². The third kappa shape index (κ3) is 3.92. The Hall–Kier alpha value is -0.670. The van der Waals surface area contributed by atoms with E-state index in [0.29, 0.717) is 4.34 Å². The maximum Gasteiger partial charge on any atom is 0.252 e. The molecule has 0 saturated heterocycles. The topological polar surface area (TPSA) is 69.7 Å². The summed E-state index contributed by atoms with van der Waals surface area (Å²) in [5.74, 6) is -0.409. The second-order valence-electron chi connectivity index (χ2n) is 3.75. The van der Waals surface area contributed by atoms with Gasteiger partial charge in [-0.05, 0) is 12.1 Å². The van der Waals surface area contributed by atoms with E-state index < -0.39 is 15.9 Å². The van der Waals surface area contributed by atoms with E-state index >= 15 is 0 Å². The van der Waals surface area contributed by atoms with Crippen LogP contribution in [0.4, 0.5) is 0 Å². The number of likely N-dealkylation sites (N-methyl/N-ethyl adjacent to an activating group) is 1. The zero-order valence-electron chi connectivity index (χ0n) is 10.2. The van der Waals surface area contributed by atoms with Crippen LogP contribution in [0.25, 0.3) is 0 Å². The van der Waals surface area contributed by atoms with E-state index in [1.54, 1.807) is 14.1 Å². The predicted octanol–water partition coefficient (Wildman–Crippen LogP) is 0.615. The molecule has 0 aliphatic heterocycles. The van der Waals surface area contributed by atoms with Crippen LogP contribution >= 0.6 is 22.9 Å². The Bertz CT molecular complexity index is 527. The largest absolute Gasteiger partial charge is 0.288 e. The number of carbonyl (C=O) groups excluding carboxylic acids is 1. The van der Waals surface area contributed by atoms with Gasteiger partial charge in [0.05, 0.1) is 10.9 Å². The van der Waals surface area contributed by atoms with Crippen molar-refractivity contribution in [3.8, 4) is 0 Å². The van der Waals surface area contributed by atoms with Gasteiger partial charge in [0.1, 0.15) is 4.21 Å². The Kier molecular flexibility index (Phi) is 5.11.